The van der Waals surface area contributed by atoms with Crippen molar-refractivity contribution in [2.45, 2.75) is 18.9 Å². The summed E-state index contributed by atoms with van der Waals surface area (Å²) >= 11 is 0. The molecule has 13 heavy (non-hydrogen) atoms. The molecule has 1 aromatic rings. The van der Waals surface area contributed by atoms with Crippen LogP contribution in [0.1, 0.15) is 24.4 Å². The van der Waals surface area contributed by atoms with Crippen molar-refractivity contribution in [3.05, 3.63) is 35.9 Å². The summed E-state index contributed by atoms with van der Waals surface area (Å²) < 4.78 is 4.97. The molecule has 0 saturated heterocycles. The number of ether oxygens (including phenoxy) is 1. The van der Waals surface area contributed by atoms with E-state index in [2.05, 4.69) is 12.1 Å². The van der Waals surface area contributed by atoms with Gasteiger partial charge in [-0.25, -0.2) is 0 Å². The van der Waals surface area contributed by atoms with Crippen molar-refractivity contribution in [3.8, 4) is 0 Å². The smallest absolute Gasteiger partial charge is 0.0462 e. The van der Waals surface area contributed by atoms with Gasteiger partial charge in [0.15, 0.2) is 0 Å². The van der Waals surface area contributed by atoms with Gasteiger partial charge in [0.05, 0.1) is 0 Å². The van der Waals surface area contributed by atoms with Gasteiger partial charge in [-0.2, -0.15) is 0 Å². The quantitative estimate of drug-likeness (QED) is 0.703. The molecule has 1 unspecified atom stereocenters. The van der Waals surface area contributed by atoms with Crippen molar-refractivity contribution >= 4 is 0 Å². The molecule has 0 spiro atoms. The molecule has 0 aliphatic heterocycles. The predicted molar refractivity (Wildman–Crippen MR) is 54.5 cm³/mol. The number of nitrogens with two attached hydrogens (primary N) is 1. The maximum atomic E-state index is 5.98. The predicted octanol–water partition coefficient (Wildman–Crippen LogP) is 2.11. The van der Waals surface area contributed by atoms with Gasteiger partial charge in [0, 0.05) is 19.8 Å². The first kappa shape index (κ1) is 10.2. The van der Waals surface area contributed by atoms with Crippen LogP contribution in [0.2, 0.25) is 0 Å². The van der Waals surface area contributed by atoms with Gasteiger partial charge in [-0.15, -0.1) is 0 Å². The highest BCUT2D eigenvalue weighted by atomic mass is 16.5. The Kier molecular flexibility index (Phi) is 4.50. The third kappa shape index (κ3) is 3.57. The van der Waals surface area contributed by atoms with Crippen LogP contribution in [-0.2, 0) is 4.74 Å². The van der Waals surface area contributed by atoms with Crippen molar-refractivity contribution in [2.24, 2.45) is 5.73 Å². The van der Waals surface area contributed by atoms with Crippen molar-refractivity contribution in [1.29, 1.82) is 0 Å². The zero-order valence-corrected chi connectivity index (χ0v) is 8.07. The van der Waals surface area contributed by atoms with Gasteiger partial charge in [-0.05, 0) is 18.4 Å². The molecule has 0 aromatic heterocycles. The second-order valence-corrected chi connectivity index (χ2v) is 3.15. The number of hydrogen-bond donors (Lipinski definition) is 1. The third-order valence-corrected chi connectivity index (χ3v) is 2.09. The fourth-order valence-corrected chi connectivity index (χ4v) is 1.31. The van der Waals surface area contributed by atoms with Crippen LogP contribution in [0.25, 0.3) is 0 Å². The summed E-state index contributed by atoms with van der Waals surface area (Å²) in [5.41, 5.74) is 7.19. The molecular weight excluding hydrogens is 162 g/mol. The second-order valence-electron chi connectivity index (χ2n) is 3.15. The molecule has 0 heterocycles. The summed E-state index contributed by atoms with van der Waals surface area (Å²) in [5, 5.41) is 0. The molecule has 2 heteroatoms. The van der Waals surface area contributed by atoms with Crippen LogP contribution in [0.3, 0.4) is 0 Å². The van der Waals surface area contributed by atoms with Crippen LogP contribution in [0.15, 0.2) is 30.3 Å². The van der Waals surface area contributed by atoms with Crippen molar-refractivity contribution in [1.82, 2.24) is 0 Å². The molecule has 0 fully saturated rings. The highest BCUT2D eigenvalue weighted by Gasteiger charge is 2.03. The van der Waals surface area contributed by atoms with Gasteiger partial charge in [0.25, 0.3) is 0 Å². The van der Waals surface area contributed by atoms with Crippen LogP contribution in [0.4, 0.5) is 0 Å². The standard InChI is InChI=1S/C11H17NO/c1-13-9-5-8-11(12)10-6-3-2-4-7-10/h2-4,6-7,11H,5,8-9,12H2,1H3. The molecule has 1 aromatic carbocycles. The fourth-order valence-electron chi connectivity index (χ4n) is 1.31. The molecule has 0 aliphatic carbocycles. The molecule has 1 rings (SSSR count). The minimum Gasteiger partial charge on any atom is -0.385 e. The Labute approximate surface area is 79.7 Å². The average Bonchev–Trinajstić information content (AvgIpc) is 2.19. The average molecular weight is 179 g/mol. The highest BCUT2D eigenvalue weighted by molar-refractivity contribution is 5.18. The first-order valence-corrected chi connectivity index (χ1v) is 4.64. The van der Waals surface area contributed by atoms with Crippen LogP contribution < -0.4 is 5.73 Å². The lowest BCUT2D eigenvalue weighted by Gasteiger charge is -2.10. The van der Waals surface area contributed by atoms with E-state index in [4.69, 9.17) is 10.5 Å². The Bertz CT molecular complexity index is 223. The Balaban J connectivity index is 2.35. The normalized spacial score (nSPS) is 12.8. The maximum Gasteiger partial charge on any atom is 0.0462 e. The molecule has 2 nitrogen and oxygen atoms in total. The third-order valence-electron chi connectivity index (χ3n) is 2.09. The number of rotatable bonds is 5. The molecule has 72 valence electrons. The Morgan fingerprint density at radius 1 is 1.31 bits per heavy atom. The van der Waals surface area contributed by atoms with Gasteiger partial charge in [0.1, 0.15) is 0 Å². The zero-order valence-electron chi connectivity index (χ0n) is 8.07. The molecule has 0 amide bonds. The lowest BCUT2D eigenvalue weighted by Crippen LogP contribution is -2.10. The molecule has 0 radical (unpaired) electrons. The molecule has 0 bridgehead atoms. The number of hydrogen-bond acceptors (Lipinski definition) is 2. The second kappa shape index (κ2) is 5.73. The Morgan fingerprint density at radius 3 is 2.62 bits per heavy atom. The Hall–Kier alpha value is -0.860. The number of benzene rings is 1. The fraction of sp³-hybridized carbons (Fsp3) is 0.455. The maximum absolute atomic E-state index is 5.98. The van der Waals surface area contributed by atoms with E-state index < -0.39 is 0 Å². The first-order chi connectivity index (χ1) is 6.34. The van der Waals surface area contributed by atoms with E-state index in [0.29, 0.717) is 0 Å². The zero-order chi connectivity index (χ0) is 9.52. The van der Waals surface area contributed by atoms with Crippen molar-refractivity contribution in [3.63, 3.8) is 0 Å². The van der Waals surface area contributed by atoms with E-state index in [1.807, 2.05) is 18.2 Å². The van der Waals surface area contributed by atoms with Crippen LogP contribution in [0, 0.1) is 0 Å². The largest absolute Gasteiger partial charge is 0.385 e. The van der Waals surface area contributed by atoms with E-state index in [0.717, 1.165) is 19.4 Å². The number of methoxy groups -OCH3 is 1. The lowest BCUT2D eigenvalue weighted by atomic mass is 10.0. The van der Waals surface area contributed by atoms with Crippen LogP contribution >= 0.6 is 0 Å². The minimum absolute atomic E-state index is 0.149. The van der Waals surface area contributed by atoms with Crippen molar-refractivity contribution in [2.75, 3.05) is 13.7 Å². The van der Waals surface area contributed by atoms with Gasteiger partial charge in [0.2, 0.25) is 0 Å². The summed E-state index contributed by atoms with van der Waals surface area (Å²) in [5.74, 6) is 0. The summed E-state index contributed by atoms with van der Waals surface area (Å²) in [4.78, 5) is 0. The molecule has 0 saturated carbocycles. The summed E-state index contributed by atoms with van der Waals surface area (Å²) in [6.07, 6.45) is 2.00. The van der Waals surface area contributed by atoms with Crippen LogP contribution in [0.5, 0.6) is 0 Å². The van der Waals surface area contributed by atoms with E-state index in [-0.39, 0.29) is 6.04 Å². The molecule has 2 N–H and O–H groups in total. The van der Waals surface area contributed by atoms with E-state index >= 15 is 0 Å². The topological polar surface area (TPSA) is 35.2 Å². The van der Waals surface area contributed by atoms with E-state index in [1.165, 1.54) is 5.56 Å². The molecule has 0 aliphatic rings. The van der Waals surface area contributed by atoms with Gasteiger partial charge in [-0.1, -0.05) is 30.3 Å². The summed E-state index contributed by atoms with van der Waals surface area (Å²) in [6.45, 7) is 0.792. The van der Waals surface area contributed by atoms with Gasteiger partial charge in [-0.3, -0.25) is 0 Å². The highest BCUT2D eigenvalue weighted by Crippen LogP contribution is 2.14. The summed E-state index contributed by atoms with van der Waals surface area (Å²) in [7, 11) is 1.72. The van der Waals surface area contributed by atoms with Crippen LogP contribution in [-0.4, -0.2) is 13.7 Å². The lowest BCUT2D eigenvalue weighted by molar-refractivity contribution is 0.190. The van der Waals surface area contributed by atoms with Gasteiger partial charge >= 0.3 is 0 Å². The molecular formula is C11H17NO. The van der Waals surface area contributed by atoms with Gasteiger partial charge < -0.3 is 10.5 Å². The SMILES string of the molecule is COCCCC(N)c1ccccc1. The molecule has 1 atom stereocenters. The van der Waals surface area contributed by atoms with E-state index in [1.54, 1.807) is 7.11 Å². The monoisotopic (exact) mass is 179 g/mol. The minimum atomic E-state index is 0.149. The first-order valence-electron chi connectivity index (χ1n) is 4.64. The van der Waals surface area contributed by atoms with E-state index in [9.17, 15) is 0 Å². The summed E-state index contributed by atoms with van der Waals surface area (Å²) in [6, 6.07) is 10.3. The Morgan fingerprint density at radius 2 is 2.00 bits per heavy atom. The van der Waals surface area contributed by atoms with Crippen molar-refractivity contribution < 1.29 is 4.74 Å².